The van der Waals surface area contributed by atoms with Gasteiger partial charge in [0.1, 0.15) is 17.3 Å². The number of benzene rings is 1. The van der Waals surface area contributed by atoms with Crippen molar-refractivity contribution in [2.45, 2.75) is 19.8 Å². The van der Waals surface area contributed by atoms with Gasteiger partial charge in [-0.25, -0.2) is 13.6 Å². The van der Waals surface area contributed by atoms with Crippen LogP contribution in [0.1, 0.15) is 35.8 Å². The zero-order valence-electron chi connectivity index (χ0n) is 12.5. The third-order valence-electron chi connectivity index (χ3n) is 3.15. The second kappa shape index (κ2) is 6.99. The van der Waals surface area contributed by atoms with E-state index in [1.807, 2.05) is 0 Å². The molecule has 0 bridgehead atoms. The summed E-state index contributed by atoms with van der Waals surface area (Å²) in [4.78, 5) is 23.6. The quantitative estimate of drug-likeness (QED) is 0.829. The molecule has 8 heteroatoms. The van der Waals surface area contributed by atoms with Gasteiger partial charge in [0.2, 0.25) is 5.91 Å². The normalized spacial score (nSPS) is 11.8. The number of carbonyl (C=O) groups excluding carboxylic acids is 2. The van der Waals surface area contributed by atoms with Crippen molar-refractivity contribution in [3.63, 3.8) is 0 Å². The average molecular weight is 323 g/mol. The minimum atomic E-state index is -1.07. The van der Waals surface area contributed by atoms with E-state index < -0.39 is 29.4 Å². The van der Waals surface area contributed by atoms with Crippen LogP contribution in [0.4, 0.5) is 14.6 Å². The highest BCUT2D eigenvalue weighted by molar-refractivity contribution is 5.96. The molecule has 2 rings (SSSR count). The van der Waals surface area contributed by atoms with Gasteiger partial charge in [-0.05, 0) is 26.0 Å². The maximum absolute atomic E-state index is 13.7. The highest BCUT2D eigenvalue weighted by atomic mass is 19.1. The van der Waals surface area contributed by atoms with E-state index in [0.717, 1.165) is 12.1 Å². The molecule has 23 heavy (non-hydrogen) atoms. The third kappa shape index (κ3) is 3.71. The zero-order chi connectivity index (χ0) is 17.0. The average Bonchev–Trinajstić information content (AvgIpc) is 2.95. The van der Waals surface area contributed by atoms with Gasteiger partial charge in [-0.15, -0.1) is 0 Å². The van der Waals surface area contributed by atoms with Crippen LogP contribution in [0, 0.1) is 11.6 Å². The fourth-order valence-corrected chi connectivity index (χ4v) is 1.99. The number of anilines is 1. The first kappa shape index (κ1) is 16.6. The van der Waals surface area contributed by atoms with E-state index in [2.05, 4.69) is 15.5 Å². The van der Waals surface area contributed by atoms with Gasteiger partial charge < -0.3 is 10.1 Å². The molecule has 6 nitrogen and oxygen atoms in total. The van der Waals surface area contributed by atoms with Crippen molar-refractivity contribution in [1.29, 1.82) is 0 Å². The first-order chi connectivity index (χ1) is 10.9. The van der Waals surface area contributed by atoms with Gasteiger partial charge in [-0.1, -0.05) is 6.07 Å². The molecular weight excluding hydrogens is 308 g/mol. The monoisotopic (exact) mass is 323 g/mol. The summed E-state index contributed by atoms with van der Waals surface area (Å²) < 4.78 is 32.2. The molecule has 1 aromatic carbocycles. The van der Waals surface area contributed by atoms with E-state index in [1.165, 1.54) is 19.1 Å². The van der Waals surface area contributed by atoms with Gasteiger partial charge in [0.25, 0.3) is 0 Å². The number of carbonyl (C=O) groups is 2. The minimum Gasteiger partial charge on any atom is -0.461 e. The van der Waals surface area contributed by atoms with Crippen LogP contribution in [0.3, 0.4) is 0 Å². The molecule has 0 aliphatic heterocycles. The second-order valence-electron chi connectivity index (χ2n) is 4.73. The molecule has 1 heterocycles. The summed E-state index contributed by atoms with van der Waals surface area (Å²) in [5.41, 5.74) is -0.266. The Morgan fingerprint density at radius 2 is 2.00 bits per heavy atom. The number of hydrogen-bond acceptors (Lipinski definition) is 4. The van der Waals surface area contributed by atoms with Crippen molar-refractivity contribution in [3.05, 3.63) is 47.2 Å². The molecule has 1 amide bonds. The topological polar surface area (TPSA) is 84.1 Å². The van der Waals surface area contributed by atoms with Crippen LogP contribution in [0.15, 0.2) is 24.3 Å². The van der Waals surface area contributed by atoms with Crippen molar-refractivity contribution in [2.75, 3.05) is 11.9 Å². The van der Waals surface area contributed by atoms with E-state index in [4.69, 9.17) is 4.74 Å². The van der Waals surface area contributed by atoms with Crippen LogP contribution in [-0.2, 0) is 9.53 Å². The van der Waals surface area contributed by atoms with E-state index in [1.54, 1.807) is 6.92 Å². The molecule has 0 saturated carbocycles. The lowest BCUT2D eigenvalue weighted by molar-refractivity contribution is -0.117. The first-order valence-corrected chi connectivity index (χ1v) is 6.91. The maximum atomic E-state index is 13.7. The van der Waals surface area contributed by atoms with Crippen LogP contribution < -0.4 is 5.32 Å². The lowest BCUT2D eigenvalue weighted by atomic mass is 9.99. The molecule has 0 aliphatic carbocycles. The fourth-order valence-electron chi connectivity index (χ4n) is 1.99. The van der Waals surface area contributed by atoms with E-state index >= 15 is 0 Å². The van der Waals surface area contributed by atoms with Gasteiger partial charge in [-0.2, -0.15) is 5.10 Å². The number of aromatic nitrogens is 2. The van der Waals surface area contributed by atoms with E-state index in [0.29, 0.717) is 0 Å². The number of nitrogens with zero attached hydrogens (tertiary/aromatic N) is 1. The van der Waals surface area contributed by atoms with Crippen molar-refractivity contribution >= 4 is 17.7 Å². The number of amides is 1. The Balaban J connectivity index is 2.11. The van der Waals surface area contributed by atoms with Crippen LogP contribution in [0.5, 0.6) is 0 Å². The first-order valence-electron chi connectivity index (χ1n) is 6.91. The lowest BCUT2D eigenvalue weighted by Crippen LogP contribution is -2.21. The highest BCUT2D eigenvalue weighted by Gasteiger charge is 2.23. The Hall–Kier alpha value is -2.77. The Morgan fingerprint density at radius 3 is 2.61 bits per heavy atom. The number of ether oxygens (including phenoxy) is 1. The summed E-state index contributed by atoms with van der Waals surface area (Å²) in [7, 11) is 0. The number of halogens is 2. The number of H-pyrrole nitrogens is 1. The van der Waals surface area contributed by atoms with Gasteiger partial charge in [0, 0.05) is 11.6 Å². The van der Waals surface area contributed by atoms with E-state index in [9.17, 15) is 18.4 Å². The lowest BCUT2D eigenvalue weighted by Gasteiger charge is -2.12. The highest BCUT2D eigenvalue weighted by Crippen LogP contribution is 2.23. The van der Waals surface area contributed by atoms with Crippen molar-refractivity contribution in [1.82, 2.24) is 10.2 Å². The smallest absolute Gasteiger partial charge is 0.356 e. The van der Waals surface area contributed by atoms with Crippen molar-refractivity contribution in [3.8, 4) is 0 Å². The fraction of sp³-hybridized carbons (Fsp3) is 0.267. The summed E-state index contributed by atoms with van der Waals surface area (Å²) in [6.07, 6.45) is 0. The summed E-state index contributed by atoms with van der Waals surface area (Å²) in [5, 5.41) is 8.53. The number of esters is 1. The summed E-state index contributed by atoms with van der Waals surface area (Å²) >= 11 is 0. The molecule has 0 radical (unpaired) electrons. The summed E-state index contributed by atoms with van der Waals surface area (Å²) in [6.45, 7) is 3.22. The molecule has 2 N–H and O–H groups in total. The van der Waals surface area contributed by atoms with Crippen molar-refractivity contribution < 1.29 is 23.1 Å². The number of nitrogens with one attached hydrogen (secondary N) is 2. The Kier molecular flexibility index (Phi) is 5.05. The summed E-state index contributed by atoms with van der Waals surface area (Å²) in [6, 6.07) is 4.66. The molecular formula is C15H15F2N3O3. The molecule has 0 saturated heterocycles. The van der Waals surface area contributed by atoms with Gasteiger partial charge >= 0.3 is 5.97 Å². The van der Waals surface area contributed by atoms with Gasteiger partial charge in [-0.3, -0.25) is 9.89 Å². The molecule has 0 spiro atoms. The summed E-state index contributed by atoms with van der Waals surface area (Å²) in [5.74, 6) is -3.89. The van der Waals surface area contributed by atoms with Crippen LogP contribution in [0.25, 0.3) is 0 Å². The predicted molar refractivity (Wildman–Crippen MR) is 77.9 cm³/mol. The SMILES string of the molecule is CCOC(=O)c1cc(NC(=O)C(C)c2c(F)cccc2F)n[nH]1. The molecule has 2 aromatic rings. The number of rotatable bonds is 5. The number of aromatic amines is 1. The van der Waals surface area contributed by atoms with Gasteiger partial charge in [0.05, 0.1) is 12.5 Å². The molecule has 1 atom stereocenters. The second-order valence-corrected chi connectivity index (χ2v) is 4.73. The molecule has 122 valence electrons. The number of hydrogen-bond donors (Lipinski definition) is 2. The molecule has 1 aromatic heterocycles. The minimum absolute atomic E-state index is 0.0571. The molecule has 1 unspecified atom stereocenters. The van der Waals surface area contributed by atoms with Crippen LogP contribution in [-0.4, -0.2) is 28.7 Å². The zero-order valence-corrected chi connectivity index (χ0v) is 12.5. The Labute approximate surface area is 130 Å². The third-order valence-corrected chi connectivity index (χ3v) is 3.15. The molecule has 0 aliphatic rings. The maximum Gasteiger partial charge on any atom is 0.356 e. The molecule has 0 fully saturated rings. The van der Waals surface area contributed by atoms with Crippen LogP contribution in [0.2, 0.25) is 0 Å². The predicted octanol–water partition coefficient (Wildman–Crippen LogP) is 2.61. The Bertz CT molecular complexity index is 710. The van der Waals surface area contributed by atoms with Crippen LogP contribution >= 0.6 is 0 Å². The van der Waals surface area contributed by atoms with Gasteiger partial charge in [0.15, 0.2) is 5.82 Å². The van der Waals surface area contributed by atoms with Crippen molar-refractivity contribution in [2.24, 2.45) is 0 Å². The standard InChI is InChI=1S/C15H15F2N3O3/c1-3-23-15(22)11-7-12(20-19-11)18-14(21)8(2)13-9(16)5-4-6-10(13)17/h4-8H,3H2,1-2H3,(H2,18,19,20,21). The largest absolute Gasteiger partial charge is 0.461 e. The van der Waals surface area contributed by atoms with E-state index in [-0.39, 0.29) is 23.7 Å². The Morgan fingerprint density at radius 1 is 1.35 bits per heavy atom.